The number of aryl methyl sites for hydroxylation is 1. The summed E-state index contributed by atoms with van der Waals surface area (Å²) in [5.74, 6) is 1.60. The van der Waals surface area contributed by atoms with E-state index in [1.54, 1.807) is 29.4 Å². The molecule has 3 aromatic rings. The summed E-state index contributed by atoms with van der Waals surface area (Å²) < 4.78 is 6.17. The highest BCUT2D eigenvalue weighted by molar-refractivity contribution is 7.98. The van der Waals surface area contributed by atoms with Gasteiger partial charge >= 0.3 is 0 Å². The Morgan fingerprint density at radius 1 is 1.41 bits per heavy atom. The molecule has 6 heteroatoms. The Hall–Kier alpha value is -1.40. The molecule has 0 aliphatic rings. The van der Waals surface area contributed by atoms with Crippen molar-refractivity contribution in [1.29, 1.82) is 0 Å². The molecule has 4 nitrogen and oxygen atoms in total. The first-order chi connectivity index (χ1) is 8.33. The molecule has 17 heavy (non-hydrogen) atoms. The Morgan fingerprint density at radius 3 is 3.18 bits per heavy atom. The Labute approximate surface area is 106 Å². The summed E-state index contributed by atoms with van der Waals surface area (Å²) in [7, 11) is 0. The number of rotatable bonds is 3. The molecule has 0 atom stereocenters. The van der Waals surface area contributed by atoms with Crippen molar-refractivity contribution in [2.75, 3.05) is 0 Å². The van der Waals surface area contributed by atoms with Crippen LogP contribution in [0.5, 0.6) is 0 Å². The van der Waals surface area contributed by atoms with Gasteiger partial charge in [-0.15, -0.1) is 11.3 Å². The average Bonchev–Trinajstić information content (AvgIpc) is 2.94. The summed E-state index contributed by atoms with van der Waals surface area (Å²) in [5.41, 5.74) is 1.94. The number of hydrogen-bond donors (Lipinski definition) is 0. The molecular formula is C11H9N3OS2. The zero-order valence-corrected chi connectivity index (χ0v) is 10.7. The van der Waals surface area contributed by atoms with Crippen molar-refractivity contribution in [1.82, 2.24) is 15.1 Å². The van der Waals surface area contributed by atoms with Crippen molar-refractivity contribution >= 4 is 33.3 Å². The van der Waals surface area contributed by atoms with Gasteiger partial charge < -0.3 is 4.52 Å². The molecule has 0 amide bonds. The third-order valence-corrected chi connectivity index (χ3v) is 4.31. The largest absolute Gasteiger partial charge is 0.361 e. The molecule has 0 bridgehead atoms. The quantitative estimate of drug-likeness (QED) is 0.536. The number of hydrogen-bond acceptors (Lipinski definition) is 6. The fourth-order valence-corrected chi connectivity index (χ4v) is 3.32. The lowest BCUT2D eigenvalue weighted by Gasteiger charge is -1.98. The normalized spacial score (nSPS) is 11.1. The number of fused-ring (bicyclic) bond motifs is 1. The first-order valence-corrected chi connectivity index (χ1v) is 6.92. The second-order valence-electron chi connectivity index (χ2n) is 3.53. The number of thiophene rings is 1. The van der Waals surface area contributed by atoms with Crippen LogP contribution in [0.15, 0.2) is 33.4 Å². The van der Waals surface area contributed by atoms with Gasteiger partial charge in [0.05, 0.1) is 15.9 Å². The minimum Gasteiger partial charge on any atom is -0.361 e. The Balaban J connectivity index is 1.83. The molecule has 0 spiro atoms. The van der Waals surface area contributed by atoms with Crippen LogP contribution in [-0.4, -0.2) is 15.1 Å². The molecule has 3 rings (SSSR count). The fraction of sp³-hybridized carbons (Fsp3) is 0.182. The highest BCUT2D eigenvalue weighted by Gasteiger charge is 2.07. The van der Waals surface area contributed by atoms with Crippen LogP contribution in [0, 0.1) is 6.92 Å². The van der Waals surface area contributed by atoms with E-state index in [0.717, 1.165) is 32.4 Å². The fourth-order valence-electron chi connectivity index (χ4n) is 1.50. The van der Waals surface area contributed by atoms with Gasteiger partial charge in [-0.25, -0.2) is 9.97 Å². The molecule has 0 aliphatic carbocycles. The van der Waals surface area contributed by atoms with E-state index >= 15 is 0 Å². The lowest BCUT2D eigenvalue weighted by Crippen LogP contribution is -1.85. The predicted octanol–water partition coefficient (Wildman–Crippen LogP) is 3.28. The Morgan fingerprint density at radius 2 is 2.35 bits per heavy atom. The third-order valence-electron chi connectivity index (χ3n) is 2.24. The van der Waals surface area contributed by atoms with E-state index in [9.17, 15) is 0 Å². The molecule has 3 heterocycles. The van der Waals surface area contributed by atoms with Gasteiger partial charge in [-0.2, -0.15) is 0 Å². The smallest absolute Gasteiger partial charge is 0.133 e. The molecule has 0 N–H and O–H groups in total. The molecule has 0 unspecified atom stereocenters. The van der Waals surface area contributed by atoms with Gasteiger partial charge in [0, 0.05) is 11.8 Å². The second kappa shape index (κ2) is 4.46. The number of thioether (sulfide) groups is 1. The summed E-state index contributed by atoms with van der Waals surface area (Å²) in [5, 5.41) is 7.00. The summed E-state index contributed by atoms with van der Waals surface area (Å²) in [6, 6.07) is 3.95. The van der Waals surface area contributed by atoms with Gasteiger partial charge in [0.2, 0.25) is 0 Å². The van der Waals surface area contributed by atoms with Crippen LogP contribution < -0.4 is 0 Å². The standard InChI is InChI=1S/C11H9N3OS2/c1-7-4-8(14-15-7)5-17-11-10-9(2-3-16-10)12-6-13-11/h2-4,6H,5H2,1H3. The van der Waals surface area contributed by atoms with Crippen LogP contribution in [0.4, 0.5) is 0 Å². The van der Waals surface area contributed by atoms with E-state index in [1.807, 2.05) is 24.4 Å². The molecule has 3 aromatic heterocycles. The Kier molecular flexibility index (Phi) is 2.82. The van der Waals surface area contributed by atoms with Crippen LogP contribution in [0.1, 0.15) is 11.5 Å². The maximum Gasteiger partial charge on any atom is 0.133 e. The molecule has 0 fully saturated rings. The summed E-state index contributed by atoms with van der Waals surface area (Å²) in [6.07, 6.45) is 1.60. The topological polar surface area (TPSA) is 51.8 Å². The van der Waals surface area contributed by atoms with Gasteiger partial charge in [-0.1, -0.05) is 16.9 Å². The molecule has 86 valence electrons. The first-order valence-electron chi connectivity index (χ1n) is 5.06. The molecule has 0 saturated carbocycles. The molecule has 0 aliphatic heterocycles. The van der Waals surface area contributed by atoms with E-state index in [0.29, 0.717) is 0 Å². The van der Waals surface area contributed by atoms with Gasteiger partial charge in [0.1, 0.15) is 17.1 Å². The van der Waals surface area contributed by atoms with Crippen molar-refractivity contribution in [2.45, 2.75) is 17.7 Å². The maximum absolute atomic E-state index is 5.03. The van der Waals surface area contributed by atoms with E-state index in [-0.39, 0.29) is 0 Å². The summed E-state index contributed by atoms with van der Waals surface area (Å²) >= 11 is 3.32. The highest BCUT2D eigenvalue weighted by atomic mass is 32.2. The molecule has 0 saturated heterocycles. The lowest BCUT2D eigenvalue weighted by atomic mass is 10.4. The van der Waals surface area contributed by atoms with E-state index in [4.69, 9.17) is 4.52 Å². The van der Waals surface area contributed by atoms with Gasteiger partial charge in [-0.3, -0.25) is 0 Å². The minimum atomic E-state index is 0.765. The summed E-state index contributed by atoms with van der Waals surface area (Å²) in [4.78, 5) is 8.52. The van der Waals surface area contributed by atoms with Crippen molar-refractivity contribution in [3.8, 4) is 0 Å². The minimum absolute atomic E-state index is 0.765. The third kappa shape index (κ3) is 2.18. The van der Waals surface area contributed by atoms with E-state index in [2.05, 4.69) is 15.1 Å². The van der Waals surface area contributed by atoms with E-state index < -0.39 is 0 Å². The van der Waals surface area contributed by atoms with Crippen molar-refractivity contribution in [2.24, 2.45) is 0 Å². The van der Waals surface area contributed by atoms with E-state index in [1.165, 1.54) is 0 Å². The zero-order valence-electron chi connectivity index (χ0n) is 9.08. The van der Waals surface area contributed by atoms with Gasteiger partial charge in [-0.05, 0) is 18.4 Å². The average molecular weight is 263 g/mol. The summed E-state index contributed by atoms with van der Waals surface area (Å²) in [6.45, 7) is 1.89. The maximum atomic E-state index is 5.03. The van der Waals surface area contributed by atoms with Crippen molar-refractivity contribution in [3.05, 3.63) is 35.3 Å². The van der Waals surface area contributed by atoms with Gasteiger partial charge in [0.15, 0.2) is 0 Å². The second-order valence-corrected chi connectivity index (χ2v) is 5.41. The number of aromatic nitrogens is 3. The van der Waals surface area contributed by atoms with Crippen LogP contribution in [-0.2, 0) is 5.75 Å². The van der Waals surface area contributed by atoms with Crippen LogP contribution in [0.3, 0.4) is 0 Å². The monoisotopic (exact) mass is 263 g/mol. The Bertz CT molecular complexity index is 647. The van der Waals surface area contributed by atoms with Crippen LogP contribution in [0.25, 0.3) is 10.2 Å². The SMILES string of the molecule is Cc1cc(CSc2ncnc3ccsc23)no1. The molecule has 0 radical (unpaired) electrons. The number of nitrogens with zero attached hydrogens (tertiary/aromatic N) is 3. The lowest BCUT2D eigenvalue weighted by molar-refractivity contribution is 0.393. The van der Waals surface area contributed by atoms with Crippen molar-refractivity contribution < 1.29 is 4.52 Å². The van der Waals surface area contributed by atoms with Gasteiger partial charge in [0.25, 0.3) is 0 Å². The van der Waals surface area contributed by atoms with Crippen LogP contribution >= 0.6 is 23.1 Å². The molecular weight excluding hydrogens is 254 g/mol. The highest BCUT2D eigenvalue weighted by Crippen LogP contribution is 2.30. The zero-order chi connectivity index (χ0) is 11.7. The predicted molar refractivity (Wildman–Crippen MR) is 68.2 cm³/mol. The van der Waals surface area contributed by atoms with Crippen LogP contribution in [0.2, 0.25) is 0 Å². The molecule has 0 aromatic carbocycles. The first kappa shape index (κ1) is 10.7. The van der Waals surface area contributed by atoms with Crippen molar-refractivity contribution in [3.63, 3.8) is 0 Å².